The molecule has 48 heavy (non-hydrogen) atoms. The van der Waals surface area contributed by atoms with E-state index in [0.29, 0.717) is 41.4 Å². The smallest absolute Gasteiger partial charge is 0.333 e. The zero-order chi connectivity index (χ0) is 38.0. The van der Waals surface area contributed by atoms with Gasteiger partial charge in [-0.1, -0.05) is 158 Å². The third-order valence-electron chi connectivity index (χ3n) is 12.9. The number of allylic oxidation sites excluding steroid dienone is 2. The Balaban J connectivity index is 2.69. The zero-order valence-corrected chi connectivity index (χ0v) is 36.4. The summed E-state index contributed by atoms with van der Waals surface area (Å²) in [4.78, 5) is 14.4. The van der Waals surface area contributed by atoms with Gasteiger partial charge in [0.25, 0.3) is 0 Å². The molecule has 0 heterocycles. The van der Waals surface area contributed by atoms with Crippen molar-refractivity contribution in [3.63, 3.8) is 0 Å². The molecule has 280 valence electrons. The lowest BCUT2D eigenvalue weighted by atomic mass is 9.43. The van der Waals surface area contributed by atoms with Crippen molar-refractivity contribution >= 4 is 5.97 Å². The Morgan fingerprint density at radius 3 is 1.23 bits per heavy atom. The molecule has 2 saturated carbocycles. The van der Waals surface area contributed by atoms with Gasteiger partial charge in [0.1, 0.15) is 6.10 Å². The Hall–Kier alpha value is -1.05. The number of hydrogen-bond acceptors (Lipinski definition) is 2. The van der Waals surface area contributed by atoms with Gasteiger partial charge in [-0.2, -0.15) is 0 Å². The second-order valence-corrected chi connectivity index (χ2v) is 24.1. The van der Waals surface area contributed by atoms with E-state index in [2.05, 4.69) is 164 Å². The van der Waals surface area contributed by atoms with Gasteiger partial charge in [-0.25, -0.2) is 4.79 Å². The Bertz CT molecular complexity index is 1130. The molecule has 0 amide bonds. The van der Waals surface area contributed by atoms with Crippen molar-refractivity contribution in [1.82, 2.24) is 0 Å². The highest BCUT2D eigenvalue weighted by Gasteiger charge is 2.58. The lowest BCUT2D eigenvalue weighted by Gasteiger charge is -2.62. The monoisotopic (exact) mass is 669 g/mol. The lowest BCUT2D eigenvalue weighted by Crippen LogP contribution is -2.56. The summed E-state index contributed by atoms with van der Waals surface area (Å²) in [5.74, 6) is 3.62. The fraction of sp³-hybridized carbons (Fsp3) is 0.891. The van der Waals surface area contributed by atoms with Crippen LogP contribution >= 0.6 is 0 Å². The fourth-order valence-electron chi connectivity index (χ4n) is 11.3. The van der Waals surface area contributed by atoms with Crippen molar-refractivity contribution in [3.05, 3.63) is 24.3 Å². The SMILES string of the molecule is C=CC1C(C(C)(C)C)C(OC(=O)C(C)=CC2CC(C(C)(C)C)C(C(C)(C)C)C(C(C)(C)C)C2C(C)(C)C)CC(C(C)(C)C)C1C(C)(C)C. The molecule has 0 aromatic carbocycles. The minimum Gasteiger partial charge on any atom is -0.459 e. The van der Waals surface area contributed by atoms with Crippen LogP contribution in [0.4, 0.5) is 0 Å². The van der Waals surface area contributed by atoms with Gasteiger partial charge in [0, 0.05) is 11.5 Å². The number of carbonyl (C=O) groups excluding carboxylic acids is 1. The predicted octanol–water partition coefficient (Wildman–Crippen LogP) is 13.7. The Morgan fingerprint density at radius 2 is 0.896 bits per heavy atom. The Labute approximate surface area is 301 Å². The second-order valence-electron chi connectivity index (χ2n) is 24.1. The second kappa shape index (κ2) is 13.8. The van der Waals surface area contributed by atoms with E-state index in [0.717, 1.165) is 18.4 Å². The molecule has 0 aliphatic heterocycles. The summed E-state index contributed by atoms with van der Waals surface area (Å²) in [6.07, 6.45) is 6.43. The van der Waals surface area contributed by atoms with E-state index < -0.39 is 0 Å². The van der Waals surface area contributed by atoms with Gasteiger partial charge in [0.15, 0.2) is 0 Å². The van der Waals surface area contributed by atoms with Crippen LogP contribution in [0, 0.1) is 91.2 Å². The molecule has 0 aromatic heterocycles. The van der Waals surface area contributed by atoms with Gasteiger partial charge in [-0.3, -0.25) is 0 Å². The third kappa shape index (κ3) is 9.63. The van der Waals surface area contributed by atoms with Crippen molar-refractivity contribution in [2.75, 3.05) is 0 Å². The predicted molar refractivity (Wildman–Crippen MR) is 211 cm³/mol. The van der Waals surface area contributed by atoms with Crippen LogP contribution in [-0.4, -0.2) is 12.1 Å². The van der Waals surface area contributed by atoms with E-state index in [4.69, 9.17) is 4.74 Å². The molecule has 0 radical (unpaired) electrons. The van der Waals surface area contributed by atoms with Gasteiger partial charge < -0.3 is 4.74 Å². The number of hydrogen-bond donors (Lipinski definition) is 0. The minimum atomic E-state index is -0.147. The topological polar surface area (TPSA) is 26.3 Å². The van der Waals surface area contributed by atoms with E-state index in [9.17, 15) is 4.79 Å². The summed E-state index contributed by atoms with van der Waals surface area (Å²) < 4.78 is 6.78. The number of rotatable bonds is 4. The van der Waals surface area contributed by atoms with E-state index in [1.807, 2.05) is 6.92 Å². The first kappa shape index (κ1) is 43.1. The molecule has 10 atom stereocenters. The molecule has 2 rings (SSSR count). The first-order chi connectivity index (χ1) is 21.1. The molecule has 10 unspecified atom stereocenters. The van der Waals surface area contributed by atoms with E-state index >= 15 is 0 Å². The molecular weight excluding hydrogens is 585 g/mol. The van der Waals surface area contributed by atoms with Crippen LogP contribution in [0.5, 0.6) is 0 Å². The minimum absolute atomic E-state index is 0.0314. The molecule has 0 spiro atoms. The molecule has 0 saturated heterocycles. The summed E-state index contributed by atoms with van der Waals surface area (Å²) in [6, 6.07) is 0. The van der Waals surface area contributed by atoms with Crippen molar-refractivity contribution in [3.8, 4) is 0 Å². The highest BCUT2D eigenvalue weighted by molar-refractivity contribution is 5.88. The molecule has 0 bridgehead atoms. The van der Waals surface area contributed by atoms with Crippen LogP contribution in [0.25, 0.3) is 0 Å². The average Bonchev–Trinajstić information content (AvgIpc) is 2.82. The molecule has 2 fully saturated rings. The van der Waals surface area contributed by atoms with Gasteiger partial charge in [-0.15, -0.1) is 6.58 Å². The van der Waals surface area contributed by atoms with E-state index in [1.54, 1.807) is 0 Å². The maximum absolute atomic E-state index is 14.4. The van der Waals surface area contributed by atoms with Gasteiger partial charge in [-0.05, 0) is 105 Å². The summed E-state index contributed by atoms with van der Waals surface area (Å²) in [7, 11) is 0. The van der Waals surface area contributed by atoms with Crippen LogP contribution in [0.3, 0.4) is 0 Å². The number of carbonyl (C=O) groups is 1. The van der Waals surface area contributed by atoms with Gasteiger partial charge in [0.05, 0.1) is 0 Å². The highest BCUT2D eigenvalue weighted by Crippen LogP contribution is 2.63. The first-order valence-corrected chi connectivity index (χ1v) is 19.6. The number of esters is 1. The lowest BCUT2D eigenvalue weighted by molar-refractivity contribution is -0.168. The summed E-state index contributed by atoms with van der Waals surface area (Å²) in [5, 5.41) is 0. The Morgan fingerprint density at radius 1 is 0.521 bits per heavy atom. The third-order valence-corrected chi connectivity index (χ3v) is 12.9. The van der Waals surface area contributed by atoms with Crippen LogP contribution in [-0.2, 0) is 9.53 Å². The summed E-state index contributed by atoms with van der Waals surface area (Å²) >= 11 is 0. The van der Waals surface area contributed by atoms with Crippen LogP contribution in [0.1, 0.15) is 165 Å². The van der Waals surface area contributed by atoms with Crippen LogP contribution < -0.4 is 0 Å². The summed E-state index contributed by atoms with van der Waals surface area (Å²) in [6.45, 7) is 57.1. The van der Waals surface area contributed by atoms with Crippen molar-refractivity contribution < 1.29 is 9.53 Å². The molecular formula is C46H84O2. The van der Waals surface area contributed by atoms with Crippen molar-refractivity contribution in [1.29, 1.82) is 0 Å². The highest BCUT2D eigenvalue weighted by atomic mass is 16.5. The largest absolute Gasteiger partial charge is 0.459 e. The van der Waals surface area contributed by atoms with Gasteiger partial charge in [0.2, 0.25) is 0 Å². The maximum Gasteiger partial charge on any atom is 0.333 e. The molecule has 2 aliphatic rings. The van der Waals surface area contributed by atoms with Crippen LogP contribution in [0.15, 0.2) is 24.3 Å². The van der Waals surface area contributed by atoms with Gasteiger partial charge >= 0.3 is 5.97 Å². The molecule has 0 N–H and O–H groups in total. The molecule has 2 nitrogen and oxygen atoms in total. The quantitative estimate of drug-likeness (QED) is 0.169. The molecule has 0 aromatic rings. The normalized spacial score (nSPS) is 33.8. The van der Waals surface area contributed by atoms with Crippen molar-refractivity contribution in [2.24, 2.45) is 91.2 Å². The first-order valence-electron chi connectivity index (χ1n) is 19.6. The van der Waals surface area contributed by atoms with Crippen molar-refractivity contribution in [2.45, 2.75) is 171 Å². The summed E-state index contributed by atoms with van der Waals surface area (Å²) in [5.41, 5.74) is 1.54. The molecule has 2 heteroatoms. The zero-order valence-electron chi connectivity index (χ0n) is 36.4. The van der Waals surface area contributed by atoms with Crippen LogP contribution in [0.2, 0.25) is 0 Å². The average molecular weight is 669 g/mol. The van der Waals surface area contributed by atoms with E-state index in [-0.39, 0.29) is 61.8 Å². The maximum atomic E-state index is 14.4. The standard InChI is InChI=1S/C46H84O2/c1-24-30-35(43(12,13)14)32(41(6,7)8)27-33(36(30)44(15,16)17)48-39(47)28(2)25-29-26-31(40(3,4)5)37(45(18,19)20)38(46(21,22)23)34(29)42(9,10)11/h24-25,29-38H,1,26-27H2,2-23H3. The van der Waals surface area contributed by atoms with E-state index in [1.165, 1.54) is 0 Å². The Kier molecular flexibility index (Phi) is 12.4. The fourth-order valence-corrected chi connectivity index (χ4v) is 11.3. The molecule has 2 aliphatic carbocycles. The number of ether oxygens (including phenoxy) is 1.